The zero-order valence-corrected chi connectivity index (χ0v) is 16.6. The molecule has 2 aromatic heterocycles. The Labute approximate surface area is 169 Å². The third-order valence-corrected chi connectivity index (χ3v) is 6.52. The highest BCUT2D eigenvalue weighted by Gasteiger charge is 2.23. The van der Waals surface area contributed by atoms with E-state index in [1.807, 2.05) is 6.07 Å². The predicted octanol–water partition coefficient (Wildman–Crippen LogP) is 3.50. The number of pyridine rings is 1. The van der Waals surface area contributed by atoms with Crippen LogP contribution in [0.5, 0.6) is 0 Å². The summed E-state index contributed by atoms with van der Waals surface area (Å²) in [6.07, 6.45) is 5.23. The normalized spacial score (nSPS) is 14.1. The Morgan fingerprint density at radius 3 is 2.52 bits per heavy atom. The smallest absolute Gasteiger partial charge is 0.291 e. The molecule has 8 heteroatoms. The molecule has 0 atom stereocenters. The summed E-state index contributed by atoms with van der Waals surface area (Å²) in [6, 6.07) is 13.3. The van der Waals surface area contributed by atoms with E-state index in [4.69, 9.17) is 4.42 Å². The maximum Gasteiger partial charge on any atom is 0.291 e. The SMILES string of the molecule is O=C(Nc1ccc(N2CCCC2)nc1)c1occc1CS(=O)(=O)c1ccccc1. The first kappa shape index (κ1) is 19.2. The molecule has 1 N–H and O–H groups in total. The molecule has 1 saturated heterocycles. The molecule has 1 aliphatic rings. The van der Waals surface area contributed by atoms with Crippen molar-refractivity contribution in [1.82, 2.24) is 4.98 Å². The summed E-state index contributed by atoms with van der Waals surface area (Å²) in [7, 11) is -3.59. The predicted molar refractivity (Wildman–Crippen MR) is 110 cm³/mol. The van der Waals surface area contributed by atoms with Gasteiger partial charge in [0.05, 0.1) is 28.8 Å². The number of furan rings is 1. The summed E-state index contributed by atoms with van der Waals surface area (Å²) < 4.78 is 30.5. The van der Waals surface area contributed by atoms with E-state index in [9.17, 15) is 13.2 Å². The van der Waals surface area contributed by atoms with E-state index >= 15 is 0 Å². The van der Waals surface area contributed by atoms with Crippen LogP contribution in [0.2, 0.25) is 0 Å². The molecule has 1 amide bonds. The van der Waals surface area contributed by atoms with E-state index < -0.39 is 15.7 Å². The second-order valence-electron chi connectivity index (χ2n) is 6.90. The topological polar surface area (TPSA) is 92.5 Å². The lowest BCUT2D eigenvalue weighted by atomic mass is 10.2. The van der Waals surface area contributed by atoms with Gasteiger partial charge in [-0.1, -0.05) is 18.2 Å². The van der Waals surface area contributed by atoms with Crippen LogP contribution < -0.4 is 10.2 Å². The highest BCUT2D eigenvalue weighted by atomic mass is 32.2. The van der Waals surface area contributed by atoms with Gasteiger partial charge in [-0.25, -0.2) is 13.4 Å². The van der Waals surface area contributed by atoms with E-state index in [-0.39, 0.29) is 16.4 Å². The second kappa shape index (κ2) is 8.08. The Bertz CT molecular complexity index is 1090. The number of nitrogens with zero attached hydrogens (tertiary/aromatic N) is 2. The van der Waals surface area contributed by atoms with Crippen molar-refractivity contribution in [1.29, 1.82) is 0 Å². The van der Waals surface area contributed by atoms with Gasteiger partial charge in [-0.2, -0.15) is 0 Å². The van der Waals surface area contributed by atoms with Gasteiger partial charge in [-0.05, 0) is 43.2 Å². The van der Waals surface area contributed by atoms with Gasteiger partial charge in [-0.3, -0.25) is 4.79 Å². The van der Waals surface area contributed by atoms with Gasteiger partial charge >= 0.3 is 0 Å². The number of nitrogens with one attached hydrogen (secondary N) is 1. The van der Waals surface area contributed by atoms with Crippen molar-refractivity contribution in [2.24, 2.45) is 0 Å². The number of hydrogen-bond acceptors (Lipinski definition) is 6. The molecule has 0 saturated carbocycles. The van der Waals surface area contributed by atoms with Crippen LogP contribution in [0, 0.1) is 0 Å². The Kier molecular flexibility index (Phi) is 5.35. The molecule has 0 unspecified atom stereocenters. The molecule has 29 heavy (non-hydrogen) atoms. The third kappa shape index (κ3) is 4.32. The average Bonchev–Trinajstić information content (AvgIpc) is 3.41. The molecular weight excluding hydrogens is 390 g/mol. The standard InChI is InChI=1S/C21H21N3O4S/c25-21(23-17-8-9-19(22-14-17)24-11-4-5-12-24)20-16(10-13-28-20)15-29(26,27)18-6-2-1-3-7-18/h1-3,6-10,13-14H,4-5,11-12,15H2,(H,23,25). The van der Waals surface area contributed by atoms with Crippen molar-refractivity contribution < 1.29 is 17.6 Å². The second-order valence-corrected chi connectivity index (χ2v) is 8.89. The molecule has 4 rings (SSSR count). The number of aromatic nitrogens is 1. The van der Waals surface area contributed by atoms with Crippen LogP contribution in [0.4, 0.5) is 11.5 Å². The zero-order valence-electron chi connectivity index (χ0n) is 15.7. The van der Waals surface area contributed by atoms with Gasteiger partial charge < -0.3 is 14.6 Å². The van der Waals surface area contributed by atoms with Crippen molar-refractivity contribution in [3.8, 4) is 0 Å². The molecule has 0 radical (unpaired) electrons. The van der Waals surface area contributed by atoms with Crippen LogP contribution in [-0.4, -0.2) is 32.4 Å². The van der Waals surface area contributed by atoms with Crippen molar-refractivity contribution in [3.63, 3.8) is 0 Å². The van der Waals surface area contributed by atoms with E-state index in [0.29, 0.717) is 11.3 Å². The molecule has 0 spiro atoms. The molecule has 3 heterocycles. The van der Waals surface area contributed by atoms with Gasteiger partial charge in [0.2, 0.25) is 0 Å². The summed E-state index contributed by atoms with van der Waals surface area (Å²) in [6.45, 7) is 1.98. The molecule has 0 aliphatic carbocycles. The van der Waals surface area contributed by atoms with Crippen LogP contribution in [0.15, 0.2) is 70.3 Å². The van der Waals surface area contributed by atoms with Crippen molar-refractivity contribution in [2.75, 3.05) is 23.3 Å². The molecule has 7 nitrogen and oxygen atoms in total. The lowest BCUT2D eigenvalue weighted by molar-refractivity contribution is 0.0995. The first-order valence-corrected chi connectivity index (χ1v) is 11.0. The summed E-state index contributed by atoms with van der Waals surface area (Å²) in [5, 5.41) is 2.72. The molecule has 150 valence electrons. The molecule has 1 fully saturated rings. The van der Waals surface area contributed by atoms with E-state index in [2.05, 4.69) is 15.2 Å². The highest BCUT2D eigenvalue weighted by Crippen LogP contribution is 2.22. The van der Waals surface area contributed by atoms with Gasteiger partial charge in [-0.15, -0.1) is 0 Å². The summed E-state index contributed by atoms with van der Waals surface area (Å²) >= 11 is 0. The lowest BCUT2D eigenvalue weighted by Gasteiger charge is -2.16. The Morgan fingerprint density at radius 2 is 1.83 bits per heavy atom. The fraction of sp³-hybridized carbons (Fsp3) is 0.238. The van der Waals surface area contributed by atoms with Crippen molar-refractivity contribution >= 4 is 27.2 Å². The quantitative estimate of drug-likeness (QED) is 0.667. The largest absolute Gasteiger partial charge is 0.459 e. The van der Waals surface area contributed by atoms with Crippen molar-refractivity contribution in [2.45, 2.75) is 23.5 Å². The van der Waals surface area contributed by atoms with Crippen LogP contribution in [0.1, 0.15) is 29.0 Å². The van der Waals surface area contributed by atoms with Crippen LogP contribution in [0.3, 0.4) is 0 Å². The van der Waals surface area contributed by atoms with Gasteiger partial charge in [0.1, 0.15) is 5.82 Å². The lowest BCUT2D eigenvalue weighted by Crippen LogP contribution is -2.19. The van der Waals surface area contributed by atoms with Gasteiger partial charge in [0.25, 0.3) is 5.91 Å². The summed E-state index contributed by atoms with van der Waals surface area (Å²) in [5.74, 6) is 0.0350. The summed E-state index contributed by atoms with van der Waals surface area (Å²) in [5.41, 5.74) is 0.833. The van der Waals surface area contributed by atoms with Crippen LogP contribution in [-0.2, 0) is 15.6 Å². The van der Waals surface area contributed by atoms with Crippen LogP contribution in [0.25, 0.3) is 0 Å². The maximum atomic E-state index is 12.6. The van der Waals surface area contributed by atoms with E-state index in [0.717, 1.165) is 31.7 Å². The monoisotopic (exact) mass is 411 g/mol. The number of benzene rings is 1. The Morgan fingerprint density at radius 1 is 1.07 bits per heavy atom. The van der Waals surface area contributed by atoms with Gasteiger partial charge in [0, 0.05) is 18.7 Å². The molecule has 1 aliphatic heterocycles. The average molecular weight is 411 g/mol. The highest BCUT2D eigenvalue weighted by molar-refractivity contribution is 7.90. The first-order valence-electron chi connectivity index (χ1n) is 9.39. The number of rotatable bonds is 6. The minimum absolute atomic E-state index is 0.0203. The number of hydrogen-bond donors (Lipinski definition) is 1. The molecule has 0 bridgehead atoms. The molecule has 3 aromatic rings. The Hall–Kier alpha value is -3.13. The summed E-state index contributed by atoms with van der Waals surface area (Å²) in [4.78, 5) is 19.4. The number of carbonyl (C=O) groups is 1. The van der Waals surface area contributed by atoms with E-state index in [1.165, 1.54) is 24.5 Å². The zero-order chi connectivity index (χ0) is 20.3. The number of amides is 1. The third-order valence-electron chi connectivity index (χ3n) is 4.84. The van der Waals surface area contributed by atoms with Crippen molar-refractivity contribution in [3.05, 3.63) is 72.3 Å². The van der Waals surface area contributed by atoms with Crippen LogP contribution >= 0.6 is 0 Å². The Balaban J connectivity index is 1.47. The van der Waals surface area contributed by atoms with E-state index in [1.54, 1.807) is 30.5 Å². The number of sulfone groups is 1. The first-order chi connectivity index (χ1) is 14.0. The fourth-order valence-electron chi connectivity index (χ4n) is 3.35. The maximum absolute atomic E-state index is 12.6. The molecular formula is C21H21N3O4S. The minimum Gasteiger partial charge on any atom is -0.459 e. The fourth-order valence-corrected chi connectivity index (χ4v) is 4.72. The minimum atomic E-state index is -3.59. The number of carbonyl (C=O) groups excluding carboxylic acids is 1. The molecule has 1 aromatic carbocycles. The van der Waals surface area contributed by atoms with Gasteiger partial charge in [0.15, 0.2) is 15.6 Å². The number of anilines is 2.